The molecule has 28 heavy (non-hydrogen) atoms. The van der Waals surface area contributed by atoms with Crippen LogP contribution in [0.3, 0.4) is 0 Å². The number of aromatic nitrogens is 2. The highest BCUT2D eigenvalue weighted by molar-refractivity contribution is 8.01. The molecule has 0 aliphatic carbocycles. The number of aryl methyl sites for hydroxylation is 1. The lowest BCUT2D eigenvalue weighted by atomic mass is 10.1. The van der Waals surface area contributed by atoms with Crippen molar-refractivity contribution in [3.8, 4) is 0 Å². The number of anilines is 2. The van der Waals surface area contributed by atoms with Crippen LogP contribution >= 0.6 is 34.4 Å². The number of likely N-dealkylation sites (tertiary alicyclic amines) is 1. The van der Waals surface area contributed by atoms with Crippen molar-refractivity contribution >= 4 is 51.2 Å². The lowest BCUT2D eigenvalue weighted by Crippen LogP contribution is -2.31. The average molecular weight is 431 g/mol. The van der Waals surface area contributed by atoms with E-state index in [4.69, 9.17) is 0 Å². The second-order valence-corrected chi connectivity index (χ2v) is 9.97. The lowest BCUT2D eigenvalue weighted by Gasteiger charge is -2.23. The fourth-order valence-corrected chi connectivity index (χ4v) is 5.89. The van der Waals surface area contributed by atoms with E-state index in [-0.39, 0.29) is 11.9 Å². The Kier molecular flexibility index (Phi) is 5.99. The van der Waals surface area contributed by atoms with Gasteiger partial charge in [0.25, 0.3) is 0 Å². The molecule has 146 valence electrons. The average Bonchev–Trinajstić information content (AvgIpc) is 3.44. The fraction of sp³-hybridized carbons (Fsp3) is 0.350. The molecule has 1 fully saturated rings. The van der Waals surface area contributed by atoms with Gasteiger partial charge in [-0.25, -0.2) is 0 Å². The first kappa shape index (κ1) is 19.4. The van der Waals surface area contributed by atoms with Crippen LogP contribution in [0.4, 0.5) is 10.8 Å². The highest BCUT2D eigenvalue weighted by Crippen LogP contribution is 2.36. The van der Waals surface area contributed by atoms with Crippen molar-refractivity contribution in [3.63, 3.8) is 0 Å². The molecule has 0 radical (unpaired) electrons. The molecular formula is C20H22N4OS3. The molecule has 0 saturated carbocycles. The number of hydrogen-bond acceptors (Lipinski definition) is 7. The highest BCUT2D eigenvalue weighted by atomic mass is 32.2. The van der Waals surface area contributed by atoms with E-state index in [1.807, 2.05) is 17.0 Å². The number of carbonyl (C=O) groups is 1. The number of benzene rings is 1. The summed E-state index contributed by atoms with van der Waals surface area (Å²) in [6.45, 7) is 5.03. The van der Waals surface area contributed by atoms with Gasteiger partial charge in [0, 0.05) is 17.1 Å². The summed E-state index contributed by atoms with van der Waals surface area (Å²) in [5.74, 6) is 0.583. The Morgan fingerprint density at radius 2 is 2.18 bits per heavy atom. The van der Waals surface area contributed by atoms with Crippen molar-refractivity contribution in [2.75, 3.05) is 17.6 Å². The van der Waals surface area contributed by atoms with Gasteiger partial charge in [-0.3, -0.25) is 4.79 Å². The number of thiophene rings is 1. The molecule has 0 spiro atoms. The summed E-state index contributed by atoms with van der Waals surface area (Å²) in [5.41, 5.74) is 3.48. The second-order valence-electron chi connectivity index (χ2n) is 6.79. The Hall–Kier alpha value is -1.90. The maximum absolute atomic E-state index is 12.8. The molecule has 0 bridgehead atoms. The Morgan fingerprint density at radius 3 is 3.00 bits per heavy atom. The molecule has 1 N–H and O–H groups in total. The first-order chi connectivity index (χ1) is 13.6. The zero-order chi connectivity index (χ0) is 19.5. The molecule has 3 aromatic rings. The highest BCUT2D eigenvalue weighted by Gasteiger charge is 2.30. The Labute approximate surface area is 177 Å². The number of nitrogens with one attached hydrogen (secondary N) is 1. The van der Waals surface area contributed by atoms with Crippen LogP contribution in [0.25, 0.3) is 0 Å². The van der Waals surface area contributed by atoms with Gasteiger partial charge in [0.15, 0.2) is 4.34 Å². The number of amides is 1. The summed E-state index contributed by atoms with van der Waals surface area (Å²) in [6.07, 6.45) is 2.13. The molecule has 1 amide bonds. The van der Waals surface area contributed by atoms with E-state index in [0.29, 0.717) is 5.75 Å². The molecule has 1 atom stereocenters. The van der Waals surface area contributed by atoms with Crippen LogP contribution in [0.5, 0.6) is 0 Å². The van der Waals surface area contributed by atoms with Crippen molar-refractivity contribution < 1.29 is 4.79 Å². The van der Waals surface area contributed by atoms with Gasteiger partial charge in [0.2, 0.25) is 11.0 Å². The van der Waals surface area contributed by atoms with Crippen LogP contribution in [-0.2, 0) is 4.79 Å². The molecule has 2 aromatic heterocycles. The minimum absolute atomic E-state index is 0.181. The fourth-order valence-electron chi connectivity index (χ4n) is 3.37. The number of thioether (sulfide) groups is 1. The van der Waals surface area contributed by atoms with Crippen LogP contribution in [0.2, 0.25) is 0 Å². The molecule has 5 nitrogen and oxygen atoms in total. The Morgan fingerprint density at radius 1 is 1.29 bits per heavy atom. The van der Waals surface area contributed by atoms with Gasteiger partial charge < -0.3 is 10.2 Å². The zero-order valence-corrected chi connectivity index (χ0v) is 18.3. The van der Waals surface area contributed by atoms with Gasteiger partial charge in [-0.2, -0.15) is 0 Å². The monoisotopic (exact) mass is 430 g/mol. The van der Waals surface area contributed by atoms with Crippen LogP contribution in [0.15, 0.2) is 40.1 Å². The number of nitrogens with zero attached hydrogens (tertiary/aromatic N) is 3. The van der Waals surface area contributed by atoms with E-state index in [1.54, 1.807) is 11.3 Å². The van der Waals surface area contributed by atoms with Crippen LogP contribution in [0, 0.1) is 13.8 Å². The largest absolute Gasteiger partial charge is 0.334 e. The predicted molar refractivity (Wildman–Crippen MR) is 118 cm³/mol. The molecule has 1 aliphatic heterocycles. The molecule has 3 heterocycles. The summed E-state index contributed by atoms with van der Waals surface area (Å²) < 4.78 is 0.813. The van der Waals surface area contributed by atoms with Crippen molar-refractivity contribution in [1.82, 2.24) is 15.1 Å². The maximum Gasteiger partial charge on any atom is 0.233 e. The van der Waals surface area contributed by atoms with E-state index < -0.39 is 0 Å². The minimum atomic E-state index is 0.181. The topological polar surface area (TPSA) is 58.1 Å². The summed E-state index contributed by atoms with van der Waals surface area (Å²) in [7, 11) is 0. The second kappa shape index (κ2) is 8.63. The Balaban J connectivity index is 1.35. The Bertz CT molecular complexity index is 954. The number of hydrogen-bond donors (Lipinski definition) is 1. The third kappa shape index (κ3) is 4.24. The van der Waals surface area contributed by atoms with Crippen molar-refractivity contribution in [2.24, 2.45) is 0 Å². The van der Waals surface area contributed by atoms with Gasteiger partial charge >= 0.3 is 0 Å². The van der Waals surface area contributed by atoms with Crippen LogP contribution in [-0.4, -0.2) is 33.3 Å². The first-order valence-corrected chi connectivity index (χ1v) is 11.9. The lowest BCUT2D eigenvalue weighted by molar-refractivity contribution is -0.129. The third-order valence-electron chi connectivity index (χ3n) is 5.02. The SMILES string of the molecule is Cc1cccc(Nc2nnc(SCC(=O)N3CCC[C@@H]3c3cccs3)s2)c1C. The number of rotatable bonds is 6. The quantitative estimate of drug-likeness (QED) is 0.530. The summed E-state index contributed by atoms with van der Waals surface area (Å²) in [5, 5.41) is 14.6. The molecule has 1 saturated heterocycles. The maximum atomic E-state index is 12.8. The van der Waals surface area contributed by atoms with Gasteiger partial charge in [-0.05, 0) is 55.3 Å². The normalized spacial score (nSPS) is 16.5. The minimum Gasteiger partial charge on any atom is -0.334 e. The molecule has 4 rings (SSSR count). The molecule has 1 aromatic carbocycles. The van der Waals surface area contributed by atoms with E-state index in [9.17, 15) is 4.79 Å². The first-order valence-electron chi connectivity index (χ1n) is 9.24. The van der Waals surface area contributed by atoms with Crippen molar-refractivity contribution in [3.05, 3.63) is 51.7 Å². The molecule has 0 unspecified atom stereocenters. The summed E-state index contributed by atoms with van der Waals surface area (Å²) in [6, 6.07) is 10.6. The zero-order valence-electron chi connectivity index (χ0n) is 15.8. The smallest absolute Gasteiger partial charge is 0.233 e. The molecule has 8 heteroatoms. The number of carbonyl (C=O) groups excluding carboxylic acids is 1. The standard InChI is InChI=1S/C20H22N4OS3/c1-13-6-3-7-15(14(13)2)21-19-22-23-20(28-19)27-12-18(25)24-10-4-8-16(24)17-9-5-11-26-17/h3,5-7,9,11,16H,4,8,10,12H2,1-2H3,(H,21,22)/t16-/m1/s1. The van der Waals surface area contributed by atoms with E-state index in [1.165, 1.54) is 39.1 Å². The summed E-state index contributed by atoms with van der Waals surface area (Å²) >= 11 is 4.69. The predicted octanol–water partition coefficient (Wildman–Crippen LogP) is 5.42. The van der Waals surface area contributed by atoms with Crippen LogP contribution in [0.1, 0.15) is 34.9 Å². The van der Waals surface area contributed by atoms with Gasteiger partial charge in [0.05, 0.1) is 11.8 Å². The van der Waals surface area contributed by atoms with Gasteiger partial charge in [-0.15, -0.1) is 21.5 Å². The van der Waals surface area contributed by atoms with Gasteiger partial charge in [-0.1, -0.05) is 41.3 Å². The molecular weight excluding hydrogens is 408 g/mol. The summed E-state index contributed by atoms with van der Waals surface area (Å²) in [4.78, 5) is 16.1. The van der Waals surface area contributed by atoms with Crippen LogP contribution < -0.4 is 5.32 Å². The van der Waals surface area contributed by atoms with E-state index in [0.717, 1.165) is 34.5 Å². The van der Waals surface area contributed by atoms with E-state index >= 15 is 0 Å². The van der Waals surface area contributed by atoms with E-state index in [2.05, 4.69) is 52.9 Å². The van der Waals surface area contributed by atoms with Crippen molar-refractivity contribution in [2.45, 2.75) is 37.1 Å². The van der Waals surface area contributed by atoms with Gasteiger partial charge in [0.1, 0.15) is 0 Å². The molecule has 1 aliphatic rings. The van der Waals surface area contributed by atoms with Crippen molar-refractivity contribution in [1.29, 1.82) is 0 Å². The third-order valence-corrected chi connectivity index (χ3v) is 7.95.